The first-order valence-corrected chi connectivity index (χ1v) is 9.40. The summed E-state index contributed by atoms with van der Waals surface area (Å²) in [5.74, 6) is -0.0946. The molecule has 1 aromatic rings. The van der Waals surface area contributed by atoms with Crippen molar-refractivity contribution in [3.63, 3.8) is 0 Å². The normalized spacial score (nSPS) is 14.8. The lowest BCUT2D eigenvalue weighted by molar-refractivity contribution is -0.908. The number of aryl methyl sites for hydroxylation is 1. The van der Waals surface area contributed by atoms with Gasteiger partial charge in [-0.05, 0) is 30.3 Å². The molecule has 0 unspecified atom stereocenters. The van der Waals surface area contributed by atoms with Crippen molar-refractivity contribution in [1.82, 2.24) is 10.6 Å². The maximum Gasteiger partial charge on any atom is 0.243 e. The van der Waals surface area contributed by atoms with Crippen LogP contribution in [0.5, 0.6) is 0 Å². The lowest BCUT2D eigenvalue weighted by Crippen LogP contribution is -3.14. The van der Waals surface area contributed by atoms with Gasteiger partial charge in [-0.15, -0.1) is 0 Å². The minimum absolute atomic E-state index is 0.0946. The number of carbonyl (C=O) groups is 1. The predicted molar refractivity (Wildman–Crippen MR) is 104 cm³/mol. The Hall–Kier alpha value is -1.70. The van der Waals surface area contributed by atoms with Crippen molar-refractivity contribution >= 4 is 28.9 Å². The van der Waals surface area contributed by atoms with Crippen LogP contribution < -0.4 is 20.9 Å². The second kappa shape index (κ2) is 11.0. The Balaban J connectivity index is 1.58. The Morgan fingerprint density at radius 3 is 2.76 bits per heavy atom. The molecule has 1 saturated heterocycles. The third kappa shape index (κ3) is 7.37. The molecule has 2 rings (SSSR count). The third-order valence-corrected chi connectivity index (χ3v) is 4.56. The Kier molecular flexibility index (Phi) is 8.65. The molecule has 1 aromatic carbocycles. The number of ether oxygens (including phenoxy) is 1. The van der Waals surface area contributed by atoms with E-state index in [1.54, 1.807) is 4.90 Å². The van der Waals surface area contributed by atoms with Gasteiger partial charge in [0, 0.05) is 18.7 Å². The van der Waals surface area contributed by atoms with Gasteiger partial charge in [0.05, 0.1) is 26.3 Å². The second-order valence-electron chi connectivity index (χ2n) is 6.13. The first-order valence-electron chi connectivity index (χ1n) is 8.99. The van der Waals surface area contributed by atoms with Gasteiger partial charge in [-0.3, -0.25) is 4.79 Å². The van der Waals surface area contributed by atoms with E-state index in [1.165, 1.54) is 0 Å². The summed E-state index contributed by atoms with van der Waals surface area (Å²) in [6, 6.07) is 7.84. The van der Waals surface area contributed by atoms with Crippen molar-refractivity contribution in [2.24, 2.45) is 0 Å². The number of anilines is 1. The molecule has 1 aliphatic rings. The maximum atomic E-state index is 12.0. The zero-order chi connectivity index (χ0) is 17.9. The third-order valence-electron chi connectivity index (χ3n) is 4.27. The van der Waals surface area contributed by atoms with Crippen molar-refractivity contribution in [2.45, 2.75) is 19.8 Å². The molecule has 0 aliphatic carbocycles. The molecule has 1 aliphatic heterocycles. The highest BCUT2D eigenvalue weighted by molar-refractivity contribution is 7.80. The molecule has 7 heteroatoms. The number of para-hydroxylation sites is 1. The van der Waals surface area contributed by atoms with Crippen LogP contribution in [0.3, 0.4) is 0 Å². The molecule has 6 nitrogen and oxygen atoms in total. The van der Waals surface area contributed by atoms with Gasteiger partial charge >= 0.3 is 0 Å². The Labute approximate surface area is 155 Å². The number of amides is 1. The Morgan fingerprint density at radius 2 is 2.00 bits per heavy atom. The number of morpholine rings is 1. The summed E-state index contributed by atoms with van der Waals surface area (Å²) >= 11 is 5.23. The molecule has 0 bridgehead atoms. The van der Waals surface area contributed by atoms with E-state index in [1.807, 2.05) is 24.3 Å². The number of quaternary nitrogens is 1. The minimum atomic E-state index is -0.0946. The number of nitrogens with one attached hydrogen (secondary N) is 4. The van der Waals surface area contributed by atoms with E-state index in [0.29, 0.717) is 5.11 Å². The fourth-order valence-electron chi connectivity index (χ4n) is 2.82. The first kappa shape index (κ1) is 19.6. The van der Waals surface area contributed by atoms with Crippen molar-refractivity contribution in [1.29, 1.82) is 0 Å². The van der Waals surface area contributed by atoms with Gasteiger partial charge in [-0.2, -0.15) is 0 Å². The summed E-state index contributed by atoms with van der Waals surface area (Å²) < 4.78 is 5.35. The average molecular weight is 366 g/mol. The van der Waals surface area contributed by atoms with E-state index in [2.05, 4.69) is 22.9 Å². The van der Waals surface area contributed by atoms with Crippen molar-refractivity contribution in [3.8, 4) is 0 Å². The quantitative estimate of drug-likeness (QED) is 0.385. The van der Waals surface area contributed by atoms with Crippen LogP contribution in [0.15, 0.2) is 24.3 Å². The topological polar surface area (TPSA) is 66.8 Å². The van der Waals surface area contributed by atoms with E-state index < -0.39 is 0 Å². The van der Waals surface area contributed by atoms with Gasteiger partial charge in [-0.25, -0.2) is 0 Å². The van der Waals surface area contributed by atoms with Gasteiger partial charge in [0.25, 0.3) is 0 Å². The maximum absolute atomic E-state index is 12.0. The average Bonchev–Trinajstić information content (AvgIpc) is 2.65. The molecule has 0 aromatic heterocycles. The van der Waals surface area contributed by atoms with E-state index in [9.17, 15) is 4.79 Å². The fraction of sp³-hybridized carbons (Fsp3) is 0.556. The van der Waals surface area contributed by atoms with E-state index in [4.69, 9.17) is 17.0 Å². The molecule has 0 spiro atoms. The number of thiocarbonyl (C=S) groups is 1. The summed E-state index contributed by atoms with van der Waals surface area (Å²) in [6.07, 6.45) is 1.93. The summed E-state index contributed by atoms with van der Waals surface area (Å²) in [7, 11) is 0. The van der Waals surface area contributed by atoms with Crippen molar-refractivity contribution in [2.75, 3.05) is 51.3 Å². The monoisotopic (exact) mass is 365 g/mol. The molecule has 1 fully saturated rings. The lowest BCUT2D eigenvalue weighted by atomic mass is 10.1. The molecule has 1 amide bonds. The van der Waals surface area contributed by atoms with Crippen LogP contribution in [0.2, 0.25) is 0 Å². The SMILES string of the molecule is CCc1ccccc1NC(=O)CNC(=S)NCCC[NH+]1CCOCC1. The molecule has 4 N–H and O–H groups in total. The standard InChI is InChI=1S/C18H28N4O2S/c1-2-15-6-3-4-7-16(15)21-17(23)14-20-18(25)19-8-5-9-22-10-12-24-13-11-22/h3-4,6-7H,2,5,8-14H2,1H3,(H,21,23)(H2,19,20,25)/p+1. The molecule has 1 heterocycles. The summed E-state index contributed by atoms with van der Waals surface area (Å²) in [5, 5.41) is 9.57. The highest BCUT2D eigenvalue weighted by Gasteiger charge is 2.12. The number of hydrogen-bond acceptors (Lipinski definition) is 3. The molecular formula is C18H29N4O2S+. The lowest BCUT2D eigenvalue weighted by Gasteiger charge is -2.23. The van der Waals surface area contributed by atoms with Crippen molar-refractivity contribution in [3.05, 3.63) is 29.8 Å². The molecular weight excluding hydrogens is 336 g/mol. The summed E-state index contributed by atoms with van der Waals surface area (Å²) in [5.41, 5.74) is 1.99. The summed E-state index contributed by atoms with van der Waals surface area (Å²) in [4.78, 5) is 13.6. The summed E-state index contributed by atoms with van der Waals surface area (Å²) in [6.45, 7) is 8.06. The molecule has 0 saturated carbocycles. The fourth-order valence-corrected chi connectivity index (χ4v) is 2.99. The zero-order valence-corrected chi connectivity index (χ0v) is 15.7. The van der Waals surface area contributed by atoms with Crippen LogP contribution >= 0.6 is 12.2 Å². The van der Waals surface area contributed by atoms with E-state index in [0.717, 1.165) is 63.5 Å². The molecule has 0 atom stereocenters. The smallest absolute Gasteiger partial charge is 0.243 e. The number of carbonyl (C=O) groups excluding carboxylic acids is 1. The van der Waals surface area contributed by atoms with Gasteiger partial charge in [0.1, 0.15) is 13.1 Å². The minimum Gasteiger partial charge on any atom is -0.370 e. The van der Waals surface area contributed by atoms with Crippen LogP contribution in [-0.4, -0.2) is 57.0 Å². The van der Waals surface area contributed by atoms with Crippen LogP contribution in [0.1, 0.15) is 18.9 Å². The van der Waals surface area contributed by atoms with Gasteiger partial charge in [0.2, 0.25) is 5.91 Å². The van der Waals surface area contributed by atoms with Gasteiger partial charge < -0.3 is 25.6 Å². The van der Waals surface area contributed by atoms with Crippen molar-refractivity contribution < 1.29 is 14.4 Å². The number of rotatable bonds is 8. The van der Waals surface area contributed by atoms with Gasteiger partial charge in [0.15, 0.2) is 5.11 Å². The second-order valence-corrected chi connectivity index (χ2v) is 6.54. The van der Waals surface area contributed by atoms with Crippen LogP contribution in [-0.2, 0) is 16.0 Å². The number of hydrogen-bond donors (Lipinski definition) is 4. The molecule has 25 heavy (non-hydrogen) atoms. The van der Waals surface area contributed by atoms with E-state index in [-0.39, 0.29) is 12.5 Å². The Bertz CT molecular complexity index is 562. The Morgan fingerprint density at radius 1 is 1.24 bits per heavy atom. The molecule has 0 radical (unpaired) electrons. The zero-order valence-electron chi connectivity index (χ0n) is 14.9. The highest BCUT2D eigenvalue weighted by Crippen LogP contribution is 2.14. The number of benzene rings is 1. The van der Waals surface area contributed by atoms with E-state index >= 15 is 0 Å². The first-order chi connectivity index (χ1) is 12.2. The molecule has 138 valence electrons. The van der Waals surface area contributed by atoms with Crippen LogP contribution in [0.25, 0.3) is 0 Å². The van der Waals surface area contributed by atoms with Crippen LogP contribution in [0.4, 0.5) is 5.69 Å². The van der Waals surface area contributed by atoms with Crippen LogP contribution in [0, 0.1) is 0 Å². The van der Waals surface area contributed by atoms with Gasteiger partial charge in [-0.1, -0.05) is 25.1 Å². The largest absolute Gasteiger partial charge is 0.370 e. The highest BCUT2D eigenvalue weighted by atomic mass is 32.1. The predicted octanol–water partition coefficient (Wildman–Crippen LogP) is -0.0432.